The van der Waals surface area contributed by atoms with Crippen LogP contribution in [0.4, 0.5) is 4.39 Å². The highest BCUT2D eigenvalue weighted by Crippen LogP contribution is 2.42. The van der Waals surface area contributed by atoms with Crippen LogP contribution in [0.2, 0.25) is 0 Å². The van der Waals surface area contributed by atoms with E-state index in [4.69, 9.17) is 4.74 Å². The van der Waals surface area contributed by atoms with Crippen molar-refractivity contribution in [1.29, 1.82) is 0 Å². The molecule has 0 N–H and O–H groups in total. The first-order valence-electron chi connectivity index (χ1n) is 5.89. The molecule has 2 fully saturated rings. The van der Waals surface area contributed by atoms with E-state index in [1.165, 1.54) is 0 Å². The van der Waals surface area contributed by atoms with Crippen molar-refractivity contribution in [1.82, 2.24) is 0 Å². The lowest BCUT2D eigenvalue weighted by molar-refractivity contribution is -0.148. The monoisotopic (exact) mass is 200 g/mol. The van der Waals surface area contributed by atoms with E-state index in [0.29, 0.717) is 11.8 Å². The minimum absolute atomic E-state index is 0.107. The first-order valence-corrected chi connectivity index (χ1v) is 5.89. The molecular weight excluding hydrogens is 179 g/mol. The average molecular weight is 200 g/mol. The second-order valence-electron chi connectivity index (χ2n) is 5.27. The normalized spacial score (nSPS) is 54.0. The Labute approximate surface area is 86.0 Å². The van der Waals surface area contributed by atoms with E-state index in [1.807, 2.05) is 6.92 Å². The van der Waals surface area contributed by atoms with Gasteiger partial charge in [0.05, 0.1) is 12.2 Å². The van der Waals surface area contributed by atoms with Crippen molar-refractivity contribution in [3.8, 4) is 0 Å². The van der Waals surface area contributed by atoms with Crippen LogP contribution in [0.5, 0.6) is 0 Å². The maximum Gasteiger partial charge on any atom is 0.129 e. The van der Waals surface area contributed by atoms with Gasteiger partial charge < -0.3 is 4.74 Å². The van der Waals surface area contributed by atoms with Crippen LogP contribution in [0.1, 0.15) is 40.0 Å². The molecule has 6 unspecified atom stereocenters. The largest absolute Gasteiger partial charge is 0.372 e. The van der Waals surface area contributed by atoms with Gasteiger partial charge in [-0.1, -0.05) is 13.8 Å². The molecule has 6 atom stereocenters. The van der Waals surface area contributed by atoms with Crippen molar-refractivity contribution in [2.45, 2.75) is 58.4 Å². The summed E-state index contributed by atoms with van der Waals surface area (Å²) >= 11 is 0. The van der Waals surface area contributed by atoms with Gasteiger partial charge in [0.2, 0.25) is 0 Å². The number of rotatable bonds is 0. The standard InChI is InChI=1S/C12H21FO/c1-7-6-10-5-4-8(2)14-12(10)11(13)9(7)3/h7-12H,4-6H2,1-3H3. The Kier molecular flexibility index (Phi) is 2.83. The minimum atomic E-state index is -0.744. The summed E-state index contributed by atoms with van der Waals surface area (Å²) < 4.78 is 19.8. The van der Waals surface area contributed by atoms with Gasteiger partial charge in [-0.25, -0.2) is 4.39 Å². The molecular formula is C12H21FO. The van der Waals surface area contributed by atoms with Gasteiger partial charge >= 0.3 is 0 Å². The fourth-order valence-corrected chi connectivity index (χ4v) is 2.95. The van der Waals surface area contributed by atoms with Crippen LogP contribution in [0.15, 0.2) is 0 Å². The smallest absolute Gasteiger partial charge is 0.129 e. The zero-order valence-electron chi connectivity index (χ0n) is 9.37. The van der Waals surface area contributed by atoms with Gasteiger partial charge in [0.15, 0.2) is 0 Å². The topological polar surface area (TPSA) is 9.23 Å². The van der Waals surface area contributed by atoms with E-state index in [9.17, 15) is 4.39 Å². The molecule has 0 aromatic carbocycles. The summed E-state index contributed by atoms with van der Waals surface area (Å²) in [5, 5.41) is 0. The van der Waals surface area contributed by atoms with Gasteiger partial charge in [-0.15, -0.1) is 0 Å². The Hall–Kier alpha value is -0.110. The van der Waals surface area contributed by atoms with Crippen molar-refractivity contribution >= 4 is 0 Å². The molecule has 1 aliphatic carbocycles. The zero-order valence-corrected chi connectivity index (χ0v) is 9.37. The first kappa shape index (κ1) is 10.4. The summed E-state index contributed by atoms with van der Waals surface area (Å²) in [5.41, 5.74) is 0. The van der Waals surface area contributed by atoms with Crippen LogP contribution in [0.3, 0.4) is 0 Å². The third kappa shape index (κ3) is 1.69. The zero-order chi connectivity index (χ0) is 10.3. The minimum Gasteiger partial charge on any atom is -0.372 e. The van der Waals surface area contributed by atoms with E-state index in [-0.39, 0.29) is 18.1 Å². The Morgan fingerprint density at radius 3 is 2.57 bits per heavy atom. The van der Waals surface area contributed by atoms with Gasteiger partial charge in [-0.2, -0.15) is 0 Å². The lowest BCUT2D eigenvalue weighted by Gasteiger charge is -2.45. The van der Waals surface area contributed by atoms with Crippen molar-refractivity contribution in [2.75, 3.05) is 0 Å². The summed E-state index contributed by atoms with van der Waals surface area (Å²) in [7, 11) is 0. The summed E-state index contributed by atoms with van der Waals surface area (Å²) in [6.07, 6.45) is 2.82. The average Bonchev–Trinajstić information content (AvgIpc) is 2.16. The SMILES string of the molecule is CC1CCC2CC(C)C(C)C(F)C2O1. The van der Waals surface area contributed by atoms with Gasteiger partial charge in [-0.05, 0) is 43.9 Å². The predicted molar refractivity (Wildman–Crippen MR) is 54.9 cm³/mol. The highest BCUT2D eigenvalue weighted by atomic mass is 19.1. The van der Waals surface area contributed by atoms with E-state index < -0.39 is 6.17 Å². The number of ether oxygens (including phenoxy) is 1. The van der Waals surface area contributed by atoms with E-state index >= 15 is 0 Å². The molecule has 0 aromatic heterocycles. The predicted octanol–water partition coefficient (Wildman–Crippen LogP) is 3.18. The summed E-state index contributed by atoms with van der Waals surface area (Å²) in [4.78, 5) is 0. The highest BCUT2D eigenvalue weighted by molar-refractivity contribution is 4.92. The lowest BCUT2D eigenvalue weighted by Crippen LogP contribution is -2.49. The Morgan fingerprint density at radius 1 is 1.14 bits per heavy atom. The van der Waals surface area contributed by atoms with E-state index in [2.05, 4.69) is 13.8 Å². The van der Waals surface area contributed by atoms with Crippen LogP contribution in [-0.2, 0) is 4.74 Å². The summed E-state index contributed by atoms with van der Waals surface area (Å²) in [6, 6.07) is 0. The molecule has 2 heteroatoms. The van der Waals surface area contributed by atoms with Gasteiger partial charge in [-0.3, -0.25) is 0 Å². The third-order valence-electron chi connectivity index (χ3n) is 4.19. The number of fused-ring (bicyclic) bond motifs is 1. The second kappa shape index (κ2) is 3.80. The van der Waals surface area contributed by atoms with Crippen molar-refractivity contribution in [3.63, 3.8) is 0 Å². The van der Waals surface area contributed by atoms with Crippen LogP contribution >= 0.6 is 0 Å². The van der Waals surface area contributed by atoms with Crippen molar-refractivity contribution in [2.24, 2.45) is 17.8 Å². The molecule has 1 nitrogen and oxygen atoms in total. The molecule has 1 heterocycles. The molecule has 1 saturated heterocycles. The quantitative estimate of drug-likeness (QED) is 0.583. The molecule has 0 amide bonds. The van der Waals surface area contributed by atoms with E-state index in [1.54, 1.807) is 0 Å². The van der Waals surface area contributed by atoms with Crippen LogP contribution in [0.25, 0.3) is 0 Å². The number of hydrogen-bond acceptors (Lipinski definition) is 1. The van der Waals surface area contributed by atoms with Gasteiger partial charge in [0.25, 0.3) is 0 Å². The molecule has 2 rings (SSSR count). The molecule has 0 spiro atoms. The molecule has 1 saturated carbocycles. The van der Waals surface area contributed by atoms with Crippen LogP contribution in [-0.4, -0.2) is 18.4 Å². The Morgan fingerprint density at radius 2 is 1.86 bits per heavy atom. The van der Waals surface area contributed by atoms with Gasteiger partial charge in [0.1, 0.15) is 6.17 Å². The number of halogens is 1. The number of alkyl halides is 1. The van der Waals surface area contributed by atoms with E-state index in [0.717, 1.165) is 19.3 Å². The molecule has 82 valence electrons. The van der Waals surface area contributed by atoms with Crippen molar-refractivity contribution in [3.05, 3.63) is 0 Å². The van der Waals surface area contributed by atoms with Crippen molar-refractivity contribution < 1.29 is 9.13 Å². The maximum atomic E-state index is 14.0. The molecule has 14 heavy (non-hydrogen) atoms. The summed E-state index contributed by atoms with van der Waals surface area (Å²) in [6.45, 7) is 6.26. The highest BCUT2D eigenvalue weighted by Gasteiger charge is 2.44. The molecule has 0 radical (unpaired) electrons. The fourth-order valence-electron chi connectivity index (χ4n) is 2.95. The Bertz CT molecular complexity index is 204. The maximum absolute atomic E-state index is 14.0. The summed E-state index contributed by atoms with van der Waals surface area (Å²) in [5.74, 6) is 1.16. The Balaban J connectivity index is 2.08. The molecule has 0 aromatic rings. The molecule has 0 bridgehead atoms. The van der Waals surface area contributed by atoms with Gasteiger partial charge in [0, 0.05) is 0 Å². The number of hydrogen-bond donors (Lipinski definition) is 0. The second-order valence-corrected chi connectivity index (χ2v) is 5.27. The first-order chi connectivity index (χ1) is 6.59. The van der Waals surface area contributed by atoms with Crippen LogP contribution < -0.4 is 0 Å². The van der Waals surface area contributed by atoms with Crippen LogP contribution in [0, 0.1) is 17.8 Å². The molecule has 2 aliphatic rings. The third-order valence-corrected chi connectivity index (χ3v) is 4.19. The molecule has 1 aliphatic heterocycles. The fraction of sp³-hybridized carbons (Fsp3) is 1.00. The lowest BCUT2D eigenvalue weighted by atomic mass is 9.70.